The maximum atomic E-state index is 12.8. The Balaban J connectivity index is 1.84. The SMILES string of the molecule is CO/N=C1/CC(CO)N(C(=O)c2ccc(-c3ccnc(C#N)c3C)cc2)C1. The maximum Gasteiger partial charge on any atom is 0.254 e. The van der Waals surface area contributed by atoms with Gasteiger partial charge in [0.2, 0.25) is 0 Å². The number of nitriles is 1. The Hall–Kier alpha value is -3.24. The van der Waals surface area contributed by atoms with Crippen molar-refractivity contribution in [1.82, 2.24) is 9.88 Å². The van der Waals surface area contributed by atoms with E-state index in [1.165, 1.54) is 7.11 Å². The summed E-state index contributed by atoms with van der Waals surface area (Å²) in [5.41, 5.74) is 4.27. The van der Waals surface area contributed by atoms with Gasteiger partial charge in [0.05, 0.1) is 24.9 Å². The van der Waals surface area contributed by atoms with Gasteiger partial charge in [-0.05, 0) is 41.8 Å². The number of nitrogens with zero attached hydrogens (tertiary/aromatic N) is 4. The van der Waals surface area contributed by atoms with Crippen LogP contribution in [-0.4, -0.2) is 52.9 Å². The van der Waals surface area contributed by atoms with Crippen molar-refractivity contribution in [1.29, 1.82) is 5.26 Å². The number of hydrogen-bond acceptors (Lipinski definition) is 6. The van der Waals surface area contributed by atoms with Gasteiger partial charge in [-0.2, -0.15) is 5.26 Å². The quantitative estimate of drug-likeness (QED) is 0.838. The first kappa shape index (κ1) is 18.5. The second-order valence-electron chi connectivity index (χ2n) is 6.33. The Labute approximate surface area is 157 Å². The number of carbonyl (C=O) groups excluding carboxylic acids is 1. The number of hydrogen-bond donors (Lipinski definition) is 1. The third-order valence-electron chi connectivity index (χ3n) is 4.71. The van der Waals surface area contributed by atoms with Gasteiger partial charge in [0.1, 0.15) is 18.9 Å². The van der Waals surface area contributed by atoms with Crippen molar-refractivity contribution in [2.75, 3.05) is 20.3 Å². The molecule has 7 nitrogen and oxygen atoms in total. The second-order valence-corrected chi connectivity index (χ2v) is 6.33. The highest BCUT2D eigenvalue weighted by Gasteiger charge is 2.33. The molecule has 1 aromatic carbocycles. The molecule has 138 valence electrons. The van der Waals surface area contributed by atoms with Gasteiger partial charge in [-0.1, -0.05) is 17.3 Å². The van der Waals surface area contributed by atoms with E-state index in [1.54, 1.807) is 23.2 Å². The van der Waals surface area contributed by atoms with Crippen LogP contribution in [0.1, 0.15) is 28.0 Å². The molecule has 0 aliphatic carbocycles. The van der Waals surface area contributed by atoms with E-state index in [2.05, 4.69) is 16.2 Å². The number of aliphatic hydroxyl groups is 1. The van der Waals surface area contributed by atoms with Crippen LogP contribution in [0.4, 0.5) is 0 Å². The zero-order chi connectivity index (χ0) is 19.4. The second kappa shape index (κ2) is 7.98. The zero-order valence-corrected chi connectivity index (χ0v) is 15.2. The number of amides is 1. The number of benzene rings is 1. The summed E-state index contributed by atoms with van der Waals surface area (Å²) in [4.78, 5) is 23.3. The lowest BCUT2D eigenvalue weighted by molar-refractivity contribution is 0.0680. The van der Waals surface area contributed by atoms with Crippen molar-refractivity contribution in [3.05, 3.63) is 53.3 Å². The van der Waals surface area contributed by atoms with Crippen LogP contribution in [0.2, 0.25) is 0 Å². The molecule has 2 heterocycles. The van der Waals surface area contributed by atoms with Gasteiger partial charge in [-0.3, -0.25) is 4.79 Å². The van der Waals surface area contributed by atoms with Gasteiger partial charge in [0.25, 0.3) is 5.91 Å². The molecule has 1 fully saturated rings. The number of carbonyl (C=O) groups is 1. The summed E-state index contributed by atoms with van der Waals surface area (Å²) in [6.45, 7) is 2.07. The van der Waals surface area contributed by atoms with E-state index >= 15 is 0 Å². The summed E-state index contributed by atoms with van der Waals surface area (Å²) in [6, 6.07) is 10.8. The number of pyridine rings is 1. The van der Waals surface area contributed by atoms with E-state index in [9.17, 15) is 9.90 Å². The van der Waals surface area contributed by atoms with Gasteiger partial charge in [-0.15, -0.1) is 0 Å². The van der Waals surface area contributed by atoms with Crippen LogP contribution in [-0.2, 0) is 4.84 Å². The molecule has 0 saturated carbocycles. The molecule has 1 saturated heterocycles. The highest BCUT2D eigenvalue weighted by atomic mass is 16.6. The fraction of sp³-hybridized carbons (Fsp3) is 0.300. The monoisotopic (exact) mass is 364 g/mol. The summed E-state index contributed by atoms with van der Waals surface area (Å²) >= 11 is 0. The summed E-state index contributed by atoms with van der Waals surface area (Å²) < 4.78 is 0. The third-order valence-corrected chi connectivity index (χ3v) is 4.71. The lowest BCUT2D eigenvalue weighted by Crippen LogP contribution is -2.37. The molecule has 1 aliphatic rings. The average molecular weight is 364 g/mol. The molecule has 1 amide bonds. The first-order chi connectivity index (χ1) is 13.1. The Morgan fingerprint density at radius 1 is 1.41 bits per heavy atom. The van der Waals surface area contributed by atoms with E-state index in [1.807, 2.05) is 25.1 Å². The van der Waals surface area contributed by atoms with E-state index in [0.29, 0.717) is 24.2 Å². The summed E-state index contributed by atoms with van der Waals surface area (Å²) in [5.74, 6) is -0.161. The van der Waals surface area contributed by atoms with Crippen molar-refractivity contribution in [3.63, 3.8) is 0 Å². The molecule has 27 heavy (non-hydrogen) atoms. The van der Waals surface area contributed by atoms with Crippen LogP contribution in [0.25, 0.3) is 11.1 Å². The van der Waals surface area contributed by atoms with Crippen molar-refractivity contribution in [2.45, 2.75) is 19.4 Å². The molecule has 1 atom stereocenters. The first-order valence-electron chi connectivity index (χ1n) is 8.56. The molecule has 1 N–H and O–H groups in total. The highest BCUT2D eigenvalue weighted by molar-refractivity contribution is 6.00. The number of aromatic nitrogens is 1. The fourth-order valence-corrected chi connectivity index (χ4v) is 3.29. The third kappa shape index (κ3) is 3.66. The predicted octanol–water partition coefficient (Wildman–Crippen LogP) is 2.14. The van der Waals surface area contributed by atoms with E-state index in [4.69, 9.17) is 10.1 Å². The largest absolute Gasteiger partial charge is 0.399 e. The minimum atomic E-state index is -0.299. The summed E-state index contributed by atoms with van der Waals surface area (Å²) in [7, 11) is 1.46. The molecule has 7 heteroatoms. The molecule has 0 radical (unpaired) electrons. The van der Waals surface area contributed by atoms with Crippen LogP contribution in [0.15, 0.2) is 41.7 Å². The molecule has 2 aromatic rings. The van der Waals surface area contributed by atoms with Crippen molar-refractivity contribution < 1.29 is 14.7 Å². The number of likely N-dealkylation sites (tertiary alicyclic amines) is 1. The fourth-order valence-electron chi connectivity index (χ4n) is 3.29. The smallest absolute Gasteiger partial charge is 0.254 e. The summed E-state index contributed by atoms with van der Waals surface area (Å²) in [6.07, 6.45) is 2.11. The molecule has 3 rings (SSSR count). The van der Waals surface area contributed by atoms with Gasteiger partial charge in [0, 0.05) is 18.2 Å². The Morgan fingerprint density at radius 3 is 2.78 bits per heavy atom. The molecule has 0 bridgehead atoms. The van der Waals surface area contributed by atoms with Crippen LogP contribution in [0.3, 0.4) is 0 Å². The Morgan fingerprint density at radius 2 is 2.15 bits per heavy atom. The minimum absolute atomic E-state index is 0.125. The van der Waals surface area contributed by atoms with Crippen LogP contribution in [0, 0.1) is 18.3 Å². The molecule has 1 aliphatic heterocycles. The molecular formula is C20H20N4O3. The number of rotatable bonds is 4. The van der Waals surface area contributed by atoms with Crippen molar-refractivity contribution in [2.24, 2.45) is 5.16 Å². The van der Waals surface area contributed by atoms with E-state index < -0.39 is 0 Å². The highest BCUT2D eigenvalue weighted by Crippen LogP contribution is 2.26. The van der Waals surface area contributed by atoms with E-state index in [-0.39, 0.29) is 18.6 Å². The molecule has 1 aromatic heterocycles. The average Bonchev–Trinajstić information content (AvgIpc) is 3.11. The molecule has 1 unspecified atom stereocenters. The topological polar surface area (TPSA) is 98.8 Å². The van der Waals surface area contributed by atoms with Gasteiger partial charge in [-0.25, -0.2) is 4.98 Å². The normalized spacial score (nSPS) is 17.8. The molecule has 0 spiro atoms. The van der Waals surface area contributed by atoms with Gasteiger partial charge in [0.15, 0.2) is 0 Å². The first-order valence-corrected chi connectivity index (χ1v) is 8.56. The molecular weight excluding hydrogens is 344 g/mol. The summed E-state index contributed by atoms with van der Waals surface area (Å²) in [5, 5.41) is 22.6. The van der Waals surface area contributed by atoms with E-state index in [0.717, 1.165) is 22.4 Å². The Bertz CT molecular complexity index is 916. The minimum Gasteiger partial charge on any atom is -0.399 e. The Kier molecular flexibility index (Phi) is 5.48. The van der Waals surface area contributed by atoms with Crippen molar-refractivity contribution in [3.8, 4) is 17.2 Å². The lowest BCUT2D eigenvalue weighted by Gasteiger charge is -2.22. The van der Waals surface area contributed by atoms with Crippen LogP contribution < -0.4 is 0 Å². The number of oxime groups is 1. The standard InChI is InChI=1S/C20H20N4O3/c1-13-18(7-8-22-19(13)10-21)14-3-5-15(6-4-14)20(26)24-11-16(23-27-2)9-17(24)12-25/h3-8,17,25H,9,11-12H2,1-2H3/b23-16-. The predicted molar refractivity (Wildman–Crippen MR) is 100 cm³/mol. The van der Waals surface area contributed by atoms with Gasteiger partial charge < -0.3 is 14.8 Å². The lowest BCUT2D eigenvalue weighted by atomic mass is 9.99. The van der Waals surface area contributed by atoms with Gasteiger partial charge >= 0.3 is 0 Å². The number of aliphatic hydroxyl groups excluding tert-OH is 1. The van der Waals surface area contributed by atoms with Crippen molar-refractivity contribution >= 4 is 11.6 Å². The maximum absolute atomic E-state index is 12.8. The zero-order valence-electron chi connectivity index (χ0n) is 15.2. The van der Waals surface area contributed by atoms with Crippen LogP contribution in [0.5, 0.6) is 0 Å². The van der Waals surface area contributed by atoms with Crippen LogP contribution >= 0.6 is 0 Å².